The number of nitrogens with two attached hydrogens (primary N) is 1. The van der Waals surface area contributed by atoms with Gasteiger partial charge >= 0.3 is 0 Å². The number of oxime groups is 1. The molecule has 0 atom stereocenters. The van der Waals surface area contributed by atoms with Crippen LogP contribution in [-0.4, -0.2) is 23.0 Å². The molecule has 24 heavy (non-hydrogen) atoms. The van der Waals surface area contributed by atoms with Gasteiger partial charge in [-0.15, -0.1) is 0 Å². The molecule has 0 spiro atoms. The van der Waals surface area contributed by atoms with E-state index in [0.29, 0.717) is 16.7 Å². The fourth-order valence-electron chi connectivity index (χ4n) is 2.18. The Morgan fingerprint density at radius 3 is 2.71 bits per heavy atom. The summed E-state index contributed by atoms with van der Waals surface area (Å²) in [7, 11) is 1.61. The first-order valence-corrected chi connectivity index (χ1v) is 7.24. The minimum absolute atomic E-state index is 0.0107. The number of hydrogen-bond acceptors (Lipinski definition) is 6. The summed E-state index contributed by atoms with van der Waals surface area (Å²) >= 11 is 0. The number of nitrogens with zero attached hydrogens (tertiary/aromatic N) is 3. The number of rotatable bonds is 5. The fraction of sp³-hybridized carbons (Fsp3) is 0.118. The van der Waals surface area contributed by atoms with Gasteiger partial charge in [-0.1, -0.05) is 17.3 Å². The molecule has 0 bridgehead atoms. The van der Waals surface area contributed by atoms with Gasteiger partial charge in [0.15, 0.2) is 12.4 Å². The van der Waals surface area contributed by atoms with E-state index in [0.717, 1.165) is 16.0 Å². The van der Waals surface area contributed by atoms with Crippen LogP contribution in [-0.2, 0) is 11.4 Å². The molecule has 0 amide bonds. The Hall–Kier alpha value is -3.35. The zero-order valence-electron chi connectivity index (χ0n) is 13.0. The van der Waals surface area contributed by atoms with E-state index >= 15 is 0 Å². The molecule has 1 heterocycles. The molecule has 3 rings (SSSR count). The molecule has 0 aliphatic rings. The van der Waals surface area contributed by atoms with Gasteiger partial charge in [0.25, 0.3) is 5.56 Å². The van der Waals surface area contributed by atoms with Crippen LogP contribution in [0.5, 0.6) is 5.75 Å². The summed E-state index contributed by atoms with van der Waals surface area (Å²) in [5, 5.41) is 4.33. The van der Waals surface area contributed by atoms with E-state index < -0.39 is 0 Å². The molecular weight excluding hydrogens is 308 g/mol. The van der Waals surface area contributed by atoms with Crippen LogP contribution in [0.25, 0.3) is 10.9 Å². The zero-order valence-corrected chi connectivity index (χ0v) is 13.0. The van der Waals surface area contributed by atoms with Crippen LogP contribution in [0.4, 0.5) is 0 Å². The van der Waals surface area contributed by atoms with Crippen molar-refractivity contribution in [1.29, 1.82) is 0 Å². The maximum Gasteiger partial charge on any atom is 0.279 e. The first kappa shape index (κ1) is 15.5. The number of fused-ring (bicyclic) bond motifs is 1. The van der Waals surface area contributed by atoms with E-state index in [1.807, 2.05) is 30.3 Å². The van der Waals surface area contributed by atoms with Crippen LogP contribution < -0.4 is 16.1 Å². The second-order valence-electron chi connectivity index (χ2n) is 5.00. The summed E-state index contributed by atoms with van der Waals surface area (Å²) < 4.78 is 6.06. The molecule has 1 aromatic heterocycles. The Morgan fingerprint density at radius 2 is 1.96 bits per heavy atom. The Balaban J connectivity index is 1.72. The maximum atomic E-state index is 12.2. The molecule has 2 aromatic carbocycles. The van der Waals surface area contributed by atoms with Crippen molar-refractivity contribution in [1.82, 2.24) is 9.66 Å². The number of methoxy groups -OCH3 is 1. The molecule has 0 radical (unpaired) electrons. The highest BCUT2D eigenvalue weighted by atomic mass is 16.6. The van der Waals surface area contributed by atoms with Crippen LogP contribution in [0.3, 0.4) is 0 Å². The normalized spacial score (nSPS) is 11.0. The quantitative estimate of drug-likeness (QED) is 0.438. The standard InChI is InChI=1S/C17H16N4O3/c1-23-13-8-6-12(7-9-13)10-19-24-11-16-20-15-5-3-2-4-14(15)17(22)21(16)18/h2-10H,11,18H2,1H3/b19-10+. The summed E-state index contributed by atoms with van der Waals surface area (Å²) in [5.41, 5.74) is 1.10. The Kier molecular flexibility index (Phi) is 4.42. The summed E-state index contributed by atoms with van der Waals surface area (Å²) in [6.07, 6.45) is 1.56. The number of aromatic nitrogens is 2. The van der Waals surface area contributed by atoms with Gasteiger partial charge in [-0.2, -0.15) is 0 Å². The predicted molar refractivity (Wildman–Crippen MR) is 91.5 cm³/mol. The number of ether oxygens (including phenoxy) is 1. The highest BCUT2D eigenvalue weighted by molar-refractivity contribution is 5.79. The summed E-state index contributed by atoms with van der Waals surface area (Å²) in [5.74, 6) is 6.83. The summed E-state index contributed by atoms with van der Waals surface area (Å²) in [4.78, 5) is 21.7. The molecule has 0 unspecified atom stereocenters. The van der Waals surface area contributed by atoms with E-state index in [9.17, 15) is 4.79 Å². The van der Waals surface area contributed by atoms with Crippen molar-refractivity contribution in [2.24, 2.45) is 5.16 Å². The van der Waals surface area contributed by atoms with Crippen LogP contribution in [0, 0.1) is 0 Å². The van der Waals surface area contributed by atoms with Gasteiger partial charge in [-0.25, -0.2) is 9.66 Å². The SMILES string of the molecule is COc1ccc(/C=N/OCc2nc3ccccc3c(=O)n2N)cc1. The molecule has 0 aliphatic carbocycles. The third kappa shape index (κ3) is 3.19. The fourth-order valence-corrected chi connectivity index (χ4v) is 2.18. The van der Waals surface area contributed by atoms with Gasteiger partial charge in [-0.05, 0) is 42.0 Å². The number of para-hydroxylation sites is 1. The minimum Gasteiger partial charge on any atom is -0.497 e. The van der Waals surface area contributed by atoms with Crippen molar-refractivity contribution in [2.45, 2.75) is 6.61 Å². The van der Waals surface area contributed by atoms with E-state index in [4.69, 9.17) is 15.4 Å². The average Bonchev–Trinajstić information content (AvgIpc) is 2.63. The van der Waals surface area contributed by atoms with Crippen molar-refractivity contribution in [3.8, 4) is 5.75 Å². The zero-order chi connectivity index (χ0) is 16.9. The van der Waals surface area contributed by atoms with Crippen molar-refractivity contribution < 1.29 is 9.57 Å². The van der Waals surface area contributed by atoms with E-state index in [1.165, 1.54) is 0 Å². The third-order valence-corrected chi connectivity index (χ3v) is 3.47. The lowest BCUT2D eigenvalue weighted by Gasteiger charge is -2.07. The second-order valence-corrected chi connectivity index (χ2v) is 5.00. The van der Waals surface area contributed by atoms with Crippen LogP contribution in [0.1, 0.15) is 11.4 Å². The van der Waals surface area contributed by atoms with Crippen molar-refractivity contribution in [2.75, 3.05) is 13.0 Å². The lowest BCUT2D eigenvalue weighted by molar-refractivity contribution is 0.124. The van der Waals surface area contributed by atoms with Gasteiger partial charge in [-0.3, -0.25) is 4.79 Å². The third-order valence-electron chi connectivity index (χ3n) is 3.47. The minimum atomic E-state index is -0.321. The molecule has 0 aliphatic heterocycles. The monoisotopic (exact) mass is 324 g/mol. The van der Waals surface area contributed by atoms with Crippen molar-refractivity contribution >= 4 is 17.1 Å². The summed E-state index contributed by atoms with van der Waals surface area (Å²) in [6, 6.07) is 14.3. The maximum absolute atomic E-state index is 12.2. The molecular formula is C17H16N4O3. The number of hydrogen-bond donors (Lipinski definition) is 1. The average molecular weight is 324 g/mol. The summed E-state index contributed by atoms with van der Waals surface area (Å²) in [6.45, 7) is -0.0107. The Bertz CT molecular complexity index is 933. The van der Waals surface area contributed by atoms with Crippen molar-refractivity contribution in [3.05, 3.63) is 70.3 Å². The van der Waals surface area contributed by atoms with Crippen LogP contribution >= 0.6 is 0 Å². The second kappa shape index (κ2) is 6.82. The largest absolute Gasteiger partial charge is 0.497 e. The molecule has 122 valence electrons. The molecule has 2 N–H and O–H groups in total. The topological polar surface area (TPSA) is 91.7 Å². The molecule has 7 heteroatoms. The molecule has 3 aromatic rings. The van der Waals surface area contributed by atoms with Gasteiger partial charge in [0.2, 0.25) is 0 Å². The Labute approximate surface area is 137 Å². The van der Waals surface area contributed by atoms with Gasteiger partial charge in [0.1, 0.15) is 5.75 Å². The van der Waals surface area contributed by atoms with E-state index in [2.05, 4.69) is 10.1 Å². The first-order chi connectivity index (χ1) is 11.7. The van der Waals surface area contributed by atoms with Gasteiger partial charge < -0.3 is 15.4 Å². The van der Waals surface area contributed by atoms with Gasteiger partial charge in [0.05, 0.1) is 24.2 Å². The predicted octanol–water partition coefficient (Wildman–Crippen LogP) is 1.67. The lowest BCUT2D eigenvalue weighted by atomic mass is 10.2. The van der Waals surface area contributed by atoms with Crippen molar-refractivity contribution in [3.63, 3.8) is 0 Å². The number of nitrogen functional groups attached to an aromatic ring is 1. The van der Waals surface area contributed by atoms with Gasteiger partial charge in [0, 0.05) is 0 Å². The lowest BCUT2D eigenvalue weighted by Crippen LogP contribution is -2.31. The van der Waals surface area contributed by atoms with E-state index in [1.54, 1.807) is 31.5 Å². The molecule has 0 fully saturated rings. The highest BCUT2D eigenvalue weighted by Crippen LogP contribution is 2.10. The Morgan fingerprint density at radius 1 is 1.21 bits per heavy atom. The van der Waals surface area contributed by atoms with E-state index in [-0.39, 0.29) is 12.2 Å². The van der Waals surface area contributed by atoms with Crippen LogP contribution in [0.2, 0.25) is 0 Å². The molecule has 0 saturated carbocycles. The number of benzene rings is 2. The first-order valence-electron chi connectivity index (χ1n) is 7.24. The molecule has 0 saturated heterocycles. The molecule has 7 nitrogen and oxygen atoms in total. The van der Waals surface area contributed by atoms with Crippen LogP contribution in [0.15, 0.2) is 58.5 Å². The smallest absolute Gasteiger partial charge is 0.279 e. The highest BCUT2D eigenvalue weighted by Gasteiger charge is 2.08.